The van der Waals surface area contributed by atoms with Gasteiger partial charge in [0.15, 0.2) is 0 Å². The molecule has 1 aromatic rings. The number of hydrogen-bond donors (Lipinski definition) is 3. The Morgan fingerprint density at radius 3 is 2.90 bits per heavy atom. The minimum atomic E-state index is -0.790. The SMILES string of the molecule is CC#CCC(C)C(O)/C=C/C1C(O)CC2Oc3c(CCCC(=O)O)cccc3C21.[HH].[Na]. The van der Waals surface area contributed by atoms with Gasteiger partial charge in [0.05, 0.1) is 12.2 Å². The maximum Gasteiger partial charge on any atom is 0.303 e. The summed E-state index contributed by atoms with van der Waals surface area (Å²) in [4.78, 5) is 10.8. The number of aliphatic hydroxyl groups excluding tert-OH is 2. The van der Waals surface area contributed by atoms with E-state index in [0.717, 1.165) is 16.9 Å². The van der Waals surface area contributed by atoms with Crippen molar-refractivity contribution >= 4 is 35.5 Å². The Bertz CT molecular complexity index is 831. The van der Waals surface area contributed by atoms with Crippen molar-refractivity contribution < 1.29 is 26.3 Å². The van der Waals surface area contributed by atoms with Crippen LogP contribution in [0.4, 0.5) is 0 Å². The number of para-hydroxylation sites is 1. The van der Waals surface area contributed by atoms with Crippen molar-refractivity contribution in [1.82, 2.24) is 0 Å². The maximum atomic E-state index is 10.8. The van der Waals surface area contributed by atoms with Crippen LogP contribution in [0.25, 0.3) is 0 Å². The van der Waals surface area contributed by atoms with Crippen molar-refractivity contribution in [3.63, 3.8) is 0 Å². The number of hydrogen-bond acceptors (Lipinski definition) is 4. The first kappa shape index (κ1) is 25.0. The number of carboxylic acids is 1. The summed E-state index contributed by atoms with van der Waals surface area (Å²) in [5.41, 5.74) is 2.11. The average Bonchev–Trinajstić information content (AvgIpc) is 3.19. The van der Waals surface area contributed by atoms with Crippen molar-refractivity contribution in [3.05, 3.63) is 41.5 Å². The molecule has 30 heavy (non-hydrogen) atoms. The van der Waals surface area contributed by atoms with Crippen LogP contribution in [0.15, 0.2) is 30.4 Å². The third-order valence-corrected chi connectivity index (χ3v) is 6.04. The molecule has 1 aliphatic carbocycles. The van der Waals surface area contributed by atoms with Crippen LogP contribution in [0.2, 0.25) is 0 Å². The normalized spacial score (nSPS) is 26.0. The van der Waals surface area contributed by atoms with Crippen LogP contribution >= 0.6 is 0 Å². The molecule has 1 radical (unpaired) electrons. The maximum absolute atomic E-state index is 10.8. The summed E-state index contributed by atoms with van der Waals surface area (Å²) in [5.74, 6) is 5.87. The van der Waals surface area contributed by atoms with Crippen molar-refractivity contribution in [1.29, 1.82) is 0 Å². The molecule has 5 nitrogen and oxygen atoms in total. The Balaban J connectivity index is 0.00000240. The predicted molar refractivity (Wildman–Crippen MR) is 119 cm³/mol. The van der Waals surface area contributed by atoms with Gasteiger partial charge < -0.3 is 20.1 Å². The predicted octanol–water partition coefficient (Wildman–Crippen LogP) is 3.15. The molecule has 6 atom stereocenters. The van der Waals surface area contributed by atoms with E-state index >= 15 is 0 Å². The third kappa shape index (κ3) is 5.69. The van der Waals surface area contributed by atoms with Crippen LogP contribution in [0, 0.1) is 23.7 Å². The van der Waals surface area contributed by atoms with Gasteiger partial charge in [0.25, 0.3) is 0 Å². The Labute approximate surface area is 202 Å². The van der Waals surface area contributed by atoms with E-state index < -0.39 is 18.2 Å². The minimum absolute atomic E-state index is 0. The van der Waals surface area contributed by atoms with Crippen molar-refractivity contribution in [2.75, 3.05) is 0 Å². The Morgan fingerprint density at radius 1 is 1.43 bits per heavy atom. The molecule has 1 saturated carbocycles. The van der Waals surface area contributed by atoms with Gasteiger partial charge in [0.1, 0.15) is 11.9 Å². The number of carboxylic acid groups (broad SMARTS) is 1. The fraction of sp³-hybridized carbons (Fsp3) is 0.542. The van der Waals surface area contributed by atoms with E-state index in [9.17, 15) is 15.0 Å². The fourth-order valence-corrected chi connectivity index (χ4v) is 4.41. The molecule has 0 spiro atoms. The molecular formula is C24H32NaO5. The van der Waals surface area contributed by atoms with Crippen LogP contribution in [0.5, 0.6) is 5.75 Å². The molecule has 1 heterocycles. The first-order valence-electron chi connectivity index (χ1n) is 10.4. The van der Waals surface area contributed by atoms with E-state index in [2.05, 4.69) is 11.8 Å². The van der Waals surface area contributed by atoms with Gasteiger partial charge in [-0.25, -0.2) is 0 Å². The van der Waals surface area contributed by atoms with E-state index in [1.54, 1.807) is 13.0 Å². The van der Waals surface area contributed by atoms with E-state index in [1.807, 2.05) is 31.2 Å². The zero-order valence-electron chi connectivity index (χ0n) is 18.0. The van der Waals surface area contributed by atoms with Crippen LogP contribution in [-0.4, -0.2) is 69.2 Å². The van der Waals surface area contributed by atoms with Crippen molar-refractivity contribution in [2.45, 2.75) is 70.2 Å². The zero-order valence-corrected chi connectivity index (χ0v) is 20.0. The smallest absolute Gasteiger partial charge is 0.303 e. The number of fused-ring (bicyclic) bond motifs is 3. The van der Waals surface area contributed by atoms with Crippen LogP contribution < -0.4 is 4.74 Å². The quantitative estimate of drug-likeness (QED) is 0.340. The number of rotatable bonds is 8. The second-order valence-corrected chi connectivity index (χ2v) is 8.13. The Morgan fingerprint density at radius 2 is 2.20 bits per heavy atom. The number of benzene rings is 1. The molecule has 1 aromatic carbocycles. The number of aliphatic hydroxyl groups is 2. The molecular weight excluding hydrogens is 391 g/mol. The molecule has 1 fully saturated rings. The topological polar surface area (TPSA) is 87.0 Å². The largest absolute Gasteiger partial charge is 0.489 e. The standard InChI is InChI=1S/C24H30O5.Na.H2/c1-3-4-7-15(2)19(25)13-12-17-20(26)14-21-23(17)18-10-5-8-16(24(18)29-21)9-6-11-22(27)28;;/h5,8,10,12-13,15,17,19-21,23,25-26H,6-7,9,11,14H2,1-2H3,(H,27,28);;1H/b13-12+;;. The summed E-state index contributed by atoms with van der Waals surface area (Å²) in [6.07, 6.45) is 5.07. The van der Waals surface area contributed by atoms with Gasteiger partial charge in [0.2, 0.25) is 0 Å². The van der Waals surface area contributed by atoms with Gasteiger partial charge >= 0.3 is 5.97 Å². The minimum Gasteiger partial charge on any atom is -0.489 e. The van der Waals surface area contributed by atoms with Gasteiger partial charge in [-0.1, -0.05) is 37.3 Å². The summed E-state index contributed by atoms with van der Waals surface area (Å²) in [7, 11) is 0. The van der Waals surface area contributed by atoms with Crippen LogP contribution in [0.1, 0.15) is 58.0 Å². The molecule has 0 saturated heterocycles. The van der Waals surface area contributed by atoms with Crippen molar-refractivity contribution in [3.8, 4) is 17.6 Å². The molecule has 6 unspecified atom stereocenters. The number of aliphatic carboxylic acids is 1. The van der Waals surface area contributed by atoms with Gasteiger partial charge in [-0.05, 0) is 31.2 Å². The van der Waals surface area contributed by atoms with E-state index in [4.69, 9.17) is 9.84 Å². The monoisotopic (exact) mass is 423 g/mol. The molecule has 159 valence electrons. The van der Waals surface area contributed by atoms with Gasteiger partial charge in [-0.2, -0.15) is 0 Å². The van der Waals surface area contributed by atoms with Gasteiger partial charge in [-0.3, -0.25) is 4.79 Å². The Hall–Kier alpha value is -1.29. The summed E-state index contributed by atoms with van der Waals surface area (Å²) in [6.45, 7) is 3.75. The van der Waals surface area contributed by atoms with Gasteiger partial charge in [-0.15, -0.1) is 11.8 Å². The molecule has 6 heteroatoms. The van der Waals surface area contributed by atoms with E-state index in [1.165, 1.54) is 0 Å². The molecule has 3 N–H and O–H groups in total. The summed E-state index contributed by atoms with van der Waals surface area (Å²) < 4.78 is 6.21. The van der Waals surface area contributed by atoms with E-state index in [-0.39, 0.29) is 61.3 Å². The Kier molecular flexibility index (Phi) is 9.46. The summed E-state index contributed by atoms with van der Waals surface area (Å²) in [5, 5.41) is 29.9. The summed E-state index contributed by atoms with van der Waals surface area (Å²) >= 11 is 0. The molecule has 0 bridgehead atoms. The van der Waals surface area contributed by atoms with Crippen LogP contribution in [0.3, 0.4) is 0 Å². The van der Waals surface area contributed by atoms with E-state index in [0.29, 0.717) is 25.7 Å². The average molecular weight is 424 g/mol. The number of ether oxygens (including phenoxy) is 1. The second kappa shape index (κ2) is 11.4. The number of aryl methyl sites for hydroxylation is 1. The van der Waals surface area contributed by atoms with Crippen LogP contribution in [-0.2, 0) is 11.2 Å². The summed E-state index contributed by atoms with van der Waals surface area (Å²) in [6, 6.07) is 6.01. The third-order valence-electron chi connectivity index (χ3n) is 6.04. The fourth-order valence-electron chi connectivity index (χ4n) is 4.41. The molecule has 1 aliphatic heterocycles. The first-order valence-corrected chi connectivity index (χ1v) is 10.4. The number of carbonyl (C=O) groups is 1. The zero-order chi connectivity index (χ0) is 21.0. The molecule has 0 amide bonds. The second-order valence-electron chi connectivity index (χ2n) is 8.13. The first-order chi connectivity index (χ1) is 13.9. The molecule has 2 aliphatic rings. The van der Waals surface area contributed by atoms with Gasteiger partial charge in [0, 0.05) is 67.6 Å². The molecule has 3 rings (SSSR count). The van der Waals surface area contributed by atoms with Crippen molar-refractivity contribution in [2.24, 2.45) is 11.8 Å². The molecule has 0 aromatic heterocycles.